The van der Waals surface area contributed by atoms with Gasteiger partial charge in [0.25, 0.3) is 0 Å². The van der Waals surface area contributed by atoms with E-state index in [9.17, 15) is 60.3 Å². The molecule has 6 rings (SSSR count). The summed E-state index contributed by atoms with van der Waals surface area (Å²) >= 11 is 0. The molecule has 334 valence electrons. The SMILES string of the molecule is C.Nc1c(S(=O)(=O)[O-])cc(N=Nc2cc(Nc3nc(Nc4ccc(S(=O)(=O)CCOS(=O)(=O)[O-])cc4)nc(Nc4cccc(S(=O)(=O)[O-])c4)n3)ccc2S(=O)(=O)[O-])c2ccccc12.[Na+].[Na+].[Na+].[Na+]. The largest absolute Gasteiger partial charge is 1.00 e. The van der Waals surface area contributed by atoms with E-state index in [1.807, 2.05) is 0 Å². The summed E-state index contributed by atoms with van der Waals surface area (Å²) in [5, 5.41) is 16.4. The molecule has 0 fully saturated rings. The van der Waals surface area contributed by atoms with E-state index < -0.39 is 83.3 Å². The predicted octanol–water partition coefficient (Wildman–Crippen LogP) is -8.13. The molecule has 0 radical (unpaired) electrons. The predicted molar refractivity (Wildman–Crippen MR) is 220 cm³/mol. The number of anilines is 7. The maximum atomic E-state index is 12.6. The Morgan fingerprint density at radius 3 is 1.54 bits per heavy atom. The van der Waals surface area contributed by atoms with E-state index in [0.29, 0.717) is 0 Å². The third-order valence-electron chi connectivity index (χ3n) is 8.11. The van der Waals surface area contributed by atoms with E-state index in [1.54, 1.807) is 6.07 Å². The smallest absolute Gasteiger partial charge is 0.744 e. The first kappa shape index (κ1) is 62.7. The number of azo groups is 1. The second-order valence-electron chi connectivity index (χ2n) is 12.4. The third kappa shape index (κ3) is 17.2. The van der Waals surface area contributed by atoms with Gasteiger partial charge in [-0.3, -0.25) is 4.18 Å². The van der Waals surface area contributed by atoms with Gasteiger partial charge in [0, 0.05) is 27.8 Å². The molecule has 0 saturated heterocycles. The molecule has 0 saturated carbocycles. The molecule has 67 heavy (non-hydrogen) atoms. The molecule has 0 amide bonds. The summed E-state index contributed by atoms with van der Waals surface area (Å²) in [4.78, 5) is 10.1. The van der Waals surface area contributed by atoms with Crippen LogP contribution in [-0.2, 0) is 54.8 Å². The van der Waals surface area contributed by atoms with Gasteiger partial charge < -0.3 is 39.9 Å². The maximum absolute atomic E-state index is 12.6. The quantitative estimate of drug-likeness (QED) is 0.0230. The molecule has 0 aliphatic heterocycles. The van der Waals surface area contributed by atoms with E-state index in [1.165, 1.54) is 42.5 Å². The number of nitrogens with zero attached hydrogens (tertiary/aromatic N) is 5. The molecule has 0 aliphatic carbocycles. The van der Waals surface area contributed by atoms with Crippen LogP contribution in [-0.4, -0.2) is 87.6 Å². The molecule has 33 heteroatoms. The molecule has 24 nitrogen and oxygen atoms in total. The number of nitrogens with two attached hydrogens (primary N) is 1. The van der Waals surface area contributed by atoms with Crippen LogP contribution in [0.1, 0.15) is 7.43 Å². The van der Waals surface area contributed by atoms with Gasteiger partial charge in [-0.1, -0.05) is 37.8 Å². The molecule has 0 bridgehead atoms. The normalized spacial score (nSPS) is 11.8. The van der Waals surface area contributed by atoms with Crippen molar-refractivity contribution in [3.8, 4) is 0 Å². The van der Waals surface area contributed by atoms with Gasteiger partial charge in [-0.25, -0.2) is 42.1 Å². The van der Waals surface area contributed by atoms with Crippen LogP contribution in [0.3, 0.4) is 0 Å². The summed E-state index contributed by atoms with van der Waals surface area (Å²) in [6.07, 6.45) is 0. The number of hydrogen-bond donors (Lipinski definition) is 4. The number of aromatic nitrogens is 3. The minimum atomic E-state index is -5.23. The molecule has 5 N–H and O–H groups in total. The van der Waals surface area contributed by atoms with Crippen molar-refractivity contribution >= 4 is 113 Å². The number of nitrogen functional groups attached to an aromatic ring is 1. The fourth-order valence-corrected chi connectivity index (χ4v) is 8.63. The van der Waals surface area contributed by atoms with Crippen LogP contribution < -0.4 is 140 Å². The molecule has 0 unspecified atom stereocenters. The Morgan fingerprint density at radius 1 is 0.522 bits per heavy atom. The first-order valence-corrected chi connectivity index (χ1v) is 23.9. The van der Waals surface area contributed by atoms with Gasteiger partial charge in [0.1, 0.15) is 36.0 Å². The van der Waals surface area contributed by atoms with Crippen LogP contribution in [0, 0.1) is 0 Å². The number of rotatable bonds is 16. The molecular weight excluding hydrogens is 1030 g/mol. The average molecular weight is 1060 g/mol. The van der Waals surface area contributed by atoms with E-state index >= 15 is 0 Å². The van der Waals surface area contributed by atoms with Crippen LogP contribution in [0.15, 0.2) is 127 Å². The zero-order chi connectivity index (χ0) is 45.3. The zero-order valence-electron chi connectivity index (χ0n) is 34.6. The summed E-state index contributed by atoms with van der Waals surface area (Å²) in [5.41, 5.74) is 4.92. The molecular formula is C34H29N9Na4O15S5. The van der Waals surface area contributed by atoms with E-state index in [4.69, 9.17) is 5.73 Å². The minimum Gasteiger partial charge on any atom is -0.744 e. The Labute approximate surface area is 473 Å². The van der Waals surface area contributed by atoms with E-state index in [-0.39, 0.29) is 188 Å². The third-order valence-corrected chi connectivity index (χ3v) is 12.9. The number of benzene rings is 5. The molecule has 0 atom stereocenters. The summed E-state index contributed by atoms with van der Waals surface area (Å²) in [7, 11) is -24.5. The van der Waals surface area contributed by atoms with Crippen molar-refractivity contribution < 1.29 is 183 Å². The Hall–Kier alpha value is -2.28. The second-order valence-corrected chi connectivity index (χ2v) is 19.6. The van der Waals surface area contributed by atoms with Crippen LogP contribution in [0.5, 0.6) is 0 Å². The summed E-state index contributed by atoms with van der Waals surface area (Å²) in [6, 6.07) is 19.2. The van der Waals surface area contributed by atoms with Crippen molar-refractivity contribution in [2.75, 3.05) is 34.0 Å². The fourth-order valence-electron chi connectivity index (χ4n) is 5.41. The number of fused-ring (bicyclic) bond motifs is 1. The van der Waals surface area contributed by atoms with Gasteiger partial charge in [0.05, 0.1) is 43.3 Å². The van der Waals surface area contributed by atoms with Crippen molar-refractivity contribution in [2.45, 2.75) is 27.0 Å². The first-order chi connectivity index (χ1) is 28.9. The molecule has 1 aromatic heterocycles. The topological polar surface area (TPSA) is 398 Å². The van der Waals surface area contributed by atoms with Crippen molar-refractivity contribution in [1.82, 2.24) is 15.0 Å². The van der Waals surface area contributed by atoms with Crippen LogP contribution >= 0.6 is 0 Å². The Balaban J connectivity index is 0.00000449. The number of nitrogens with one attached hydrogen (secondary N) is 3. The van der Waals surface area contributed by atoms with Crippen molar-refractivity contribution in [1.29, 1.82) is 0 Å². The van der Waals surface area contributed by atoms with Crippen molar-refractivity contribution in [3.63, 3.8) is 0 Å². The van der Waals surface area contributed by atoms with Crippen LogP contribution in [0.2, 0.25) is 0 Å². The summed E-state index contributed by atoms with van der Waals surface area (Å²) in [6.45, 7) is -0.927. The minimum absolute atomic E-state index is 0. The van der Waals surface area contributed by atoms with Gasteiger partial charge in [0.2, 0.25) is 28.2 Å². The molecule has 0 spiro atoms. The van der Waals surface area contributed by atoms with Gasteiger partial charge >= 0.3 is 118 Å². The van der Waals surface area contributed by atoms with Crippen LogP contribution in [0.4, 0.5) is 52.0 Å². The van der Waals surface area contributed by atoms with Gasteiger partial charge in [-0.15, -0.1) is 10.2 Å². The Morgan fingerprint density at radius 2 is 1.01 bits per heavy atom. The Kier molecular flexibility index (Phi) is 23.6. The monoisotopic (exact) mass is 1050 g/mol. The van der Waals surface area contributed by atoms with Crippen molar-refractivity contribution in [3.05, 3.63) is 97.1 Å². The summed E-state index contributed by atoms with van der Waals surface area (Å²) in [5.74, 6) is -1.72. The second kappa shape index (κ2) is 25.2. The standard InChI is InChI=1S/C33H29N9O15S5.CH4.4Na/c34-30-25-7-2-1-6-24(25)26(18-29(30)61(51,52)53)41-42-27-17-21(10-13-28(27)60(48,49)50)37-33-39-31(38-32(40-33)36-20-4-3-5-23(16-20)59(45,46)47)35-19-8-11-22(12-9-19)58(43,44)15-14-57-62(54,55)56;;;;;/h1-13,16-18H,14-15,34H2,(H,45,46,47)(H,48,49,50)(H,51,52,53)(H,54,55,56)(H3,35,36,37,38,39,40);1H4;;;;/q;;4*+1/p-4. The number of hydrogen-bond acceptors (Lipinski definition) is 24. The van der Waals surface area contributed by atoms with E-state index in [2.05, 4.69) is 45.3 Å². The Bertz CT molecular complexity index is 3360. The fraction of sp³-hybridized carbons (Fsp3) is 0.0882. The van der Waals surface area contributed by atoms with Gasteiger partial charge in [-0.2, -0.15) is 15.0 Å². The first-order valence-electron chi connectivity index (χ1n) is 16.7. The van der Waals surface area contributed by atoms with Gasteiger partial charge in [0.15, 0.2) is 9.84 Å². The zero-order valence-corrected chi connectivity index (χ0v) is 46.7. The number of sulfone groups is 1. The molecule has 1 heterocycles. The summed E-state index contributed by atoms with van der Waals surface area (Å²) < 4.78 is 169. The van der Waals surface area contributed by atoms with E-state index in [0.717, 1.165) is 48.5 Å². The average Bonchev–Trinajstić information content (AvgIpc) is 3.16. The van der Waals surface area contributed by atoms with Crippen molar-refractivity contribution in [2.24, 2.45) is 10.2 Å². The molecule has 0 aliphatic rings. The molecule has 5 aromatic carbocycles. The van der Waals surface area contributed by atoms with Crippen LogP contribution in [0.25, 0.3) is 10.8 Å². The molecule has 6 aromatic rings. The maximum Gasteiger partial charge on any atom is 1.00 e. The van der Waals surface area contributed by atoms with Gasteiger partial charge in [-0.05, 0) is 66.7 Å².